The zero-order chi connectivity index (χ0) is 18.1. The zero-order valence-electron chi connectivity index (χ0n) is 14.6. The molecule has 2 aromatic rings. The van der Waals surface area contributed by atoms with Gasteiger partial charge in [0, 0.05) is 31.7 Å². The number of hydrogen-bond acceptors (Lipinski definition) is 3. The van der Waals surface area contributed by atoms with Gasteiger partial charge >= 0.3 is 0 Å². The molecule has 2 aliphatic heterocycles. The van der Waals surface area contributed by atoms with Crippen molar-refractivity contribution in [3.05, 3.63) is 65.2 Å². The summed E-state index contributed by atoms with van der Waals surface area (Å²) in [5.41, 5.74) is 2.70. The van der Waals surface area contributed by atoms with E-state index >= 15 is 0 Å². The van der Waals surface area contributed by atoms with Crippen LogP contribution in [0.25, 0.3) is 0 Å². The van der Waals surface area contributed by atoms with Gasteiger partial charge in [-0.15, -0.1) is 0 Å². The van der Waals surface area contributed by atoms with Crippen molar-refractivity contribution in [3.63, 3.8) is 0 Å². The van der Waals surface area contributed by atoms with E-state index in [4.69, 9.17) is 0 Å². The van der Waals surface area contributed by atoms with Gasteiger partial charge in [-0.3, -0.25) is 4.79 Å². The smallest absolute Gasteiger partial charge is 0.253 e. The van der Waals surface area contributed by atoms with E-state index in [1.807, 2.05) is 18.2 Å². The van der Waals surface area contributed by atoms with E-state index in [2.05, 4.69) is 6.07 Å². The lowest BCUT2D eigenvalue weighted by Gasteiger charge is -2.28. The molecule has 0 N–H and O–H groups in total. The van der Waals surface area contributed by atoms with Crippen molar-refractivity contribution < 1.29 is 13.2 Å². The summed E-state index contributed by atoms with van der Waals surface area (Å²) in [7, 11) is -3.62. The summed E-state index contributed by atoms with van der Waals surface area (Å²) in [6, 6.07) is 14.4. The van der Waals surface area contributed by atoms with Gasteiger partial charge in [0.15, 0.2) is 0 Å². The van der Waals surface area contributed by atoms with Crippen molar-refractivity contribution in [1.82, 2.24) is 9.21 Å². The molecule has 2 heterocycles. The molecule has 6 heteroatoms. The van der Waals surface area contributed by atoms with E-state index in [0.29, 0.717) is 25.1 Å². The fourth-order valence-electron chi connectivity index (χ4n) is 3.72. The van der Waals surface area contributed by atoms with Gasteiger partial charge in [-0.25, -0.2) is 8.42 Å². The van der Waals surface area contributed by atoms with E-state index in [-0.39, 0.29) is 10.8 Å². The standard InChI is InChI=1S/C20H22N2O3S/c23-20(21-11-3-4-12-21)17-8-5-9-19(14-17)26(24,25)22-13-10-16-6-1-2-7-18(16)15-22/h1-2,5-9,14H,3-4,10-13,15H2. The molecule has 1 saturated heterocycles. The minimum atomic E-state index is -3.62. The number of benzene rings is 2. The van der Waals surface area contributed by atoms with Crippen LogP contribution in [0.15, 0.2) is 53.4 Å². The van der Waals surface area contributed by atoms with Crippen molar-refractivity contribution in [1.29, 1.82) is 0 Å². The normalized spacial score (nSPS) is 17.9. The highest BCUT2D eigenvalue weighted by molar-refractivity contribution is 7.89. The Hall–Kier alpha value is -2.18. The minimum absolute atomic E-state index is 0.0801. The predicted molar refractivity (Wildman–Crippen MR) is 99.3 cm³/mol. The lowest BCUT2D eigenvalue weighted by molar-refractivity contribution is 0.0792. The summed E-state index contributed by atoms with van der Waals surface area (Å²) in [4.78, 5) is 14.6. The Labute approximate surface area is 154 Å². The maximum Gasteiger partial charge on any atom is 0.253 e. The largest absolute Gasteiger partial charge is 0.339 e. The van der Waals surface area contributed by atoms with Crippen LogP contribution in [0.1, 0.15) is 34.3 Å². The highest BCUT2D eigenvalue weighted by atomic mass is 32.2. The van der Waals surface area contributed by atoms with Crippen LogP contribution < -0.4 is 0 Å². The molecule has 0 atom stereocenters. The van der Waals surface area contributed by atoms with Crippen molar-refractivity contribution in [2.24, 2.45) is 0 Å². The highest BCUT2D eigenvalue weighted by Gasteiger charge is 2.29. The molecule has 0 saturated carbocycles. The second-order valence-corrected chi connectivity index (χ2v) is 8.82. The fraction of sp³-hybridized carbons (Fsp3) is 0.350. The van der Waals surface area contributed by atoms with Crippen LogP contribution >= 0.6 is 0 Å². The van der Waals surface area contributed by atoms with Gasteiger partial charge in [0.1, 0.15) is 0 Å². The quantitative estimate of drug-likeness (QED) is 0.835. The minimum Gasteiger partial charge on any atom is -0.339 e. The third kappa shape index (κ3) is 3.15. The van der Waals surface area contributed by atoms with Crippen LogP contribution in [0.3, 0.4) is 0 Å². The molecule has 4 rings (SSSR count). The Morgan fingerprint density at radius 1 is 0.885 bits per heavy atom. The third-order valence-electron chi connectivity index (χ3n) is 5.21. The van der Waals surface area contributed by atoms with Gasteiger partial charge < -0.3 is 4.90 Å². The first kappa shape index (κ1) is 17.2. The lowest BCUT2D eigenvalue weighted by atomic mass is 10.0. The third-order valence-corrected chi connectivity index (χ3v) is 7.05. The second kappa shape index (κ2) is 6.85. The molecule has 2 aliphatic rings. The van der Waals surface area contributed by atoms with E-state index in [0.717, 1.165) is 31.5 Å². The Balaban J connectivity index is 1.60. The second-order valence-electron chi connectivity index (χ2n) is 6.88. The highest BCUT2D eigenvalue weighted by Crippen LogP contribution is 2.25. The first-order valence-corrected chi connectivity index (χ1v) is 10.5. The summed E-state index contributed by atoms with van der Waals surface area (Å²) in [6.07, 6.45) is 2.73. The Kier molecular flexibility index (Phi) is 4.54. The Bertz CT molecular complexity index is 934. The molecule has 0 radical (unpaired) electrons. The number of nitrogens with zero attached hydrogens (tertiary/aromatic N) is 2. The summed E-state index contributed by atoms with van der Waals surface area (Å²) >= 11 is 0. The molecule has 0 bridgehead atoms. The Morgan fingerprint density at radius 3 is 2.38 bits per heavy atom. The molecule has 2 aromatic carbocycles. The molecule has 0 aliphatic carbocycles. The number of carbonyl (C=O) groups excluding carboxylic acids is 1. The molecule has 0 aromatic heterocycles. The van der Waals surface area contributed by atoms with Crippen LogP contribution in [0.2, 0.25) is 0 Å². The van der Waals surface area contributed by atoms with Crippen molar-refractivity contribution in [2.45, 2.75) is 30.7 Å². The number of amides is 1. The lowest BCUT2D eigenvalue weighted by Crippen LogP contribution is -2.36. The van der Waals surface area contributed by atoms with Crippen LogP contribution in [0, 0.1) is 0 Å². The van der Waals surface area contributed by atoms with Gasteiger partial charge in [-0.2, -0.15) is 4.31 Å². The van der Waals surface area contributed by atoms with Gasteiger partial charge in [0.05, 0.1) is 4.90 Å². The molecule has 1 fully saturated rings. The fourth-order valence-corrected chi connectivity index (χ4v) is 5.18. The first-order valence-electron chi connectivity index (χ1n) is 9.02. The van der Waals surface area contributed by atoms with E-state index in [9.17, 15) is 13.2 Å². The molecule has 26 heavy (non-hydrogen) atoms. The topological polar surface area (TPSA) is 57.7 Å². The van der Waals surface area contributed by atoms with Crippen molar-refractivity contribution in [2.75, 3.05) is 19.6 Å². The maximum atomic E-state index is 13.1. The molecule has 136 valence electrons. The average Bonchev–Trinajstić information content (AvgIpc) is 3.22. The summed E-state index contributed by atoms with van der Waals surface area (Å²) in [5, 5.41) is 0. The number of hydrogen-bond donors (Lipinski definition) is 0. The molecule has 0 spiro atoms. The van der Waals surface area contributed by atoms with Crippen LogP contribution in [0.4, 0.5) is 0 Å². The average molecular weight is 370 g/mol. The van der Waals surface area contributed by atoms with Crippen LogP contribution in [0.5, 0.6) is 0 Å². The van der Waals surface area contributed by atoms with Gasteiger partial charge in [0.2, 0.25) is 10.0 Å². The predicted octanol–water partition coefficient (Wildman–Crippen LogP) is 2.67. The van der Waals surface area contributed by atoms with E-state index in [1.165, 1.54) is 15.9 Å². The van der Waals surface area contributed by atoms with Crippen LogP contribution in [-0.4, -0.2) is 43.2 Å². The molecule has 0 unspecified atom stereocenters. The van der Waals surface area contributed by atoms with E-state index in [1.54, 1.807) is 23.1 Å². The summed E-state index contributed by atoms with van der Waals surface area (Å²) < 4.78 is 27.7. The molecular weight excluding hydrogens is 348 g/mol. The van der Waals surface area contributed by atoms with Crippen molar-refractivity contribution in [3.8, 4) is 0 Å². The number of fused-ring (bicyclic) bond motifs is 1. The van der Waals surface area contributed by atoms with Crippen LogP contribution in [-0.2, 0) is 23.0 Å². The SMILES string of the molecule is O=C(c1cccc(S(=O)(=O)N2CCc3ccccc3C2)c1)N1CCCC1. The number of rotatable bonds is 3. The maximum absolute atomic E-state index is 13.1. The number of carbonyl (C=O) groups is 1. The first-order chi connectivity index (χ1) is 12.6. The number of likely N-dealkylation sites (tertiary alicyclic amines) is 1. The molecule has 5 nitrogen and oxygen atoms in total. The van der Waals surface area contributed by atoms with Gasteiger partial charge in [0.25, 0.3) is 5.91 Å². The number of sulfonamides is 1. The van der Waals surface area contributed by atoms with Gasteiger partial charge in [-0.1, -0.05) is 30.3 Å². The van der Waals surface area contributed by atoms with Crippen molar-refractivity contribution >= 4 is 15.9 Å². The molecular formula is C20H22N2O3S. The summed E-state index contributed by atoms with van der Waals surface area (Å²) in [5.74, 6) is -0.0801. The van der Waals surface area contributed by atoms with Gasteiger partial charge in [-0.05, 0) is 48.6 Å². The summed E-state index contributed by atoms with van der Waals surface area (Å²) in [6.45, 7) is 2.34. The van der Waals surface area contributed by atoms with E-state index < -0.39 is 10.0 Å². The Morgan fingerprint density at radius 2 is 1.62 bits per heavy atom. The monoisotopic (exact) mass is 370 g/mol. The zero-order valence-corrected chi connectivity index (χ0v) is 15.4. The molecule has 1 amide bonds.